The summed E-state index contributed by atoms with van der Waals surface area (Å²) in [7, 11) is 0. The van der Waals surface area contributed by atoms with Gasteiger partial charge in [0.1, 0.15) is 0 Å². The van der Waals surface area contributed by atoms with E-state index in [9.17, 15) is 4.79 Å². The molecule has 2 aromatic rings. The molecule has 0 unspecified atom stereocenters. The van der Waals surface area contributed by atoms with Gasteiger partial charge >= 0.3 is 0 Å². The topological polar surface area (TPSA) is 42.0 Å². The van der Waals surface area contributed by atoms with Crippen molar-refractivity contribution in [3.63, 3.8) is 0 Å². The Morgan fingerprint density at radius 3 is 2.25 bits per heavy atom. The van der Waals surface area contributed by atoms with Crippen molar-refractivity contribution < 1.29 is 4.79 Å². The van der Waals surface area contributed by atoms with Gasteiger partial charge in [-0.2, -0.15) is 0 Å². The van der Waals surface area contributed by atoms with Gasteiger partial charge in [0.25, 0.3) is 5.91 Å². The van der Waals surface area contributed by atoms with Crippen LogP contribution in [0.4, 0.5) is 5.69 Å². The maximum atomic E-state index is 12.1. The molecule has 1 N–H and O–H groups in total. The SMILES string of the molecule is CC(C)(C)c1ccc(C(=O)Nc2ccc(Cl)cc2)cn1. The Labute approximate surface area is 124 Å². The van der Waals surface area contributed by atoms with E-state index in [1.165, 1.54) is 0 Å². The lowest BCUT2D eigenvalue weighted by atomic mass is 9.91. The average Bonchev–Trinajstić information content (AvgIpc) is 2.40. The number of rotatable bonds is 2. The molecule has 2 rings (SSSR count). The monoisotopic (exact) mass is 288 g/mol. The zero-order chi connectivity index (χ0) is 14.8. The molecule has 0 aliphatic rings. The molecule has 0 bridgehead atoms. The van der Waals surface area contributed by atoms with E-state index in [2.05, 4.69) is 31.1 Å². The summed E-state index contributed by atoms with van der Waals surface area (Å²) >= 11 is 5.80. The summed E-state index contributed by atoms with van der Waals surface area (Å²) in [6.45, 7) is 6.26. The zero-order valence-corrected chi connectivity index (χ0v) is 12.5. The number of anilines is 1. The lowest BCUT2D eigenvalue weighted by Gasteiger charge is -2.17. The molecular formula is C16H17ClN2O. The Morgan fingerprint density at radius 1 is 1.10 bits per heavy atom. The first-order valence-electron chi connectivity index (χ1n) is 6.40. The Balaban J connectivity index is 2.11. The van der Waals surface area contributed by atoms with Crippen molar-refractivity contribution in [1.82, 2.24) is 4.98 Å². The highest BCUT2D eigenvalue weighted by Crippen LogP contribution is 2.20. The van der Waals surface area contributed by atoms with Gasteiger partial charge in [-0.25, -0.2) is 0 Å². The third-order valence-corrected chi connectivity index (χ3v) is 3.15. The van der Waals surface area contributed by atoms with Gasteiger partial charge in [0.15, 0.2) is 0 Å². The molecule has 1 amide bonds. The van der Waals surface area contributed by atoms with Crippen LogP contribution in [-0.2, 0) is 5.41 Å². The van der Waals surface area contributed by atoms with Gasteiger partial charge in [0, 0.05) is 28.0 Å². The second-order valence-corrected chi connectivity index (χ2v) is 6.08. The van der Waals surface area contributed by atoms with Crippen molar-refractivity contribution in [2.24, 2.45) is 0 Å². The molecule has 0 spiro atoms. The molecule has 20 heavy (non-hydrogen) atoms. The molecule has 0 saturated carbocycles. The fourth-order valence-electron chi connectivity index (χ4n) is 1.71. The maximum absolute atomic E-state index is 12.1. The van der Waals surface area contributed by atoms with Crippen LogP contribution >= 0.6 is 11.6 Å². The molecule has 0 aliphatic heterocycles. The molecule has 1 aromatic heterocycles. The van der Waals surface area contributed by atoms with Gasteiger partial charge in [0.2, 0.25) is 0 Å². The molecule has 0 radical (unpaired) electrons. The third kappa shape index (κ3) is 3.58. The average molecular weight is 289 g/mol. The molecule has 4 heteroatoms. The number of aromatic nitrogens is 1. The number of carbonyl (C=O) groups excluding carboxylic acids is 1. The summed E-state index contributed by atoms with van der Waals surface area (Å²) in [5.74, 6) is -0.180. The van der Waals surface area contributed by atoms with Crippen LogP contribution in [0.1, 0.15) is 36.8 Å². The number of hydrogen-bond donors (Lipinski definition) is 1. The Kier molecular flexibility index (Phi) is 4.09. The minimum absolute atomic E-state index is 0.0226. The molecule has 1 aromatic carbocycles. The molecule has 0 aliphatic carbocycles. The fourth-order valence-corrected chi connectivity index (χ4v) is 1.83. The Morgan fingerprint density at radius 2 is 1.75 bits per heavy atom. The van der Waals surface area contributed by atoms with Gasteiger partial charge in [0.05, 0.1) is 5.56 Å². The van der Waals surface area contributed by atoms with Crippen LogP contribution in [0.15, 0.2) is 42.6 Å². The number of carbonyl (C=O) groups is 1. The zero-order valence-electron chi connectivity index (χ0n) is 11.8. The number of benzene rings is 1. The summed E-state index contributed by atoms with van der Waals surface area (Å²) in [6.07, 6.45) is 1.60. The van der Waals surface area contributed by atoms with E-state index in [0.717, 1.165) is 5.69 Å². The molecule has 0 atom stereocenters. The van der Waals surface area contributed by atoms with E-state index in [4.69, 9.17) is 11.6 Å². The maximum Gasteiger partial charge on any atom is 0.257 e. The predicted octanol–water partition coefficient (Wildman–Crippen LogP) is 4.28. The van der Waals surface area contributed by atoms with Gasteiger partial charge in [-0.1, -0.05) is 32.4 Å². The van der Waals surface area contributed by atoms with Crippen molar-refractivity contribution in [3.8, 4) is 0 Å². The van der Waals surface area contributed by atoms with E-state index >= 15 is 0 Å². The second-order valence-electron chi connectivity index (χ2n) is 5.64. The van der Waals surface area contributed by atoms with Crippen molar-refractivity contribution in [3.05, 3.63) is 58.9 Å². The van der Waals surface area contributed by atoms with Crippen LogP contribution in [0.25, 0.3) is 0 Å². The minimum atomic E-state index is -0.180. The van der Waals surface area contributed by atoms with Gasteiger partial charge in [-0.15, -0.1) is 0 Å². The highest BCUT2D eigenvalue weighted by molar-refractivity contribution is 6.30. The summed E-state index contributed by atoms with van der Waals surface area (Å²) in [5.41, 5.74) is 2.18. The van der Waals surface area contributed by atoms with Crippen LogP contribution < -0.4 is 5.32 Å². The van der Waals surface area contributed by atoms with Crippen molar-refractivity contribution in [1.29, 1.82) is 0 Å². The van der Waals surface area contributed by atoms with Crippen LogP contribution in [0.5, 0.6) is 0 Å². The Bertz CT molecular complexity index is 598. The molecule has 1 heterocycles. The van der Waals surface area contributed by atoms with E-state index < -0.39 is 0 Å². The number of halogens is 1. The largest absolute Gasteiger partial charge is 0.322 e. The summed E-state index contributed by atoms with van der Waals surface area (Å²) in [5, 5.41) is 3.44. The van der Waals surface area contributed by atoms with Crippen molar-refractivity contribution >= 4 is 23.2 Å². The van der Waals surface area contributed by atoms with Crippen LogP contribution in [0.2, 0.25) is 5.02 Å². The molecule has 0 fully saturated rings. The lowest BCUT2D eigenvalue weighted by molar-refractivity contribution is 0.102. The number of nitrogens with one attached hydrogen (secondary N) is 1. The van der Waals surface area contributed by atoms with Crippen LogP contribution in [0, 0.1) is 0 Å². The van der Waals surface area contributed by atoms with Gasteiger partial charge in [-0.3, -0.25) is 9.78 Å². The minimum Gasteiger partial charge on any atom is -0.322 e. The molecule has 0 saturated heterocycles. The van der Waals surface area contributed by atoms with Gasteiger partial charge < -0.3 is 5.32 Å². The standard InChI is InChI=1S/C16H17ClN2O/c1-16(2,3)14-9-4-11(10-18-14)15(20)19-13-7-5-12(17)6-8-13/h4-10H,1-3H3,(H,19,20). The lowest BCUT2D eigenvalue weighted by Crippen LogP contribution is -2.16. The van der Waals surface area contributed by atoms with Gasteiger partial charge in [-0.05, 0) is 36.4 Å². The number of nitrogens with zero attached hydrogens (tertiary/aromatic N) is 1. The number of amides is 1. The molecule has 104 valence electrons. The second kappa shape index (κ2) is 5.63. The number of hydrogen-bond acceptors (Lipinski definition) is 2. The highest BCUT2D eigenvalue weighted by Gasteiger charge is 2.16. The predicted molar refractivity (Wildman–Crippen MR) is 82.3 cm³/mol. The first kappa shape index (κ1) is 14.5. The summed E-state index contributed by atoms with van der Waals surface area (Å²) in [4.78, 5) is 16.4. The van der Waals surface area contributed by atoms with E-state index in [0.29, 0.717) is 16.3 Å². The number of pyridine rings is 1. The Hall–Kier alpha value is -1.87. The summed E-state index contributed by atoms with van der Waals surface area (Å²) < 4.78 is 0. The normalized spacial score (nSPS) is 11.2. The smallest absolute Gasteiger partial charge is 0.257 e. The third-order valence-electron chi connectivity index (χ3n) is 2.90. The van der Waals surface area contributed by atoms with Crippen molar-refractivity contribution in [2.45, 2.75) is 26.2 Å². The fraction of sp³-hybridized carbons (Fsp3) is 0.250. The molecular weight excluding hydrogens is 272 g/mol. The quantitative estimate of drug-likeness (QED) is 0.896. The van der Waals surface area contributed by atoms with E-state index in [1.807, 2.05) is 6.07 Å². The van der Waals surface area contributed by atoms with Crippen molar-refractivity contribution in [2.75, 3.05) is 5.32 Å². The first-order valence-corrected chi connectivity index (χ1v) is 6.77. The highest BCUT2D eigenvalue weighted by atomic mass is 35.5. The van der Waals surface area contributed by atoms with Crippen LogP contribution in [-0.4, -0.2) is 10.9 Å². The van der Waals surface area contributed by atoms with E-state index in [1.54, 1.807) is 36.5 Å². The van der Waals surface area contributed by atoms with Crippen LogP contribution in [0.3, 0.4) is 0 Å². The molecule has 3 nitrogen and oxygen atoms in total. The van der Waals surface area contributed by atoms with E-state index in [-0.39, 0.29) is 11.3 Å². The first-order chi connectivity index (χ1) is 9.36. The summed E-state index contributed by atoms with van der Waals surface area (Å²) in [6, 6.07) is 10.7.